The van der Waals surface area contributed by atoms with E-state index in [0.29, 0.717) is 16.8 Å². The molecule has 1 N–H and O–H groups in total. The lowest BCUT2D eigenvalue weighted by Crippen LogP contribution is -2.23. The zero-order chi connectivity index (χ0) is 23.7. The van der Waals surface area contributed by atoms with Crippen LogP contribution in [0.25, 0.3) is 16.8 Å². The minimum atomic E-state index is -0.737. The van der Waals surface area contributed by atoms with E-state index < -0.39 is 18.5 Å². The van der Waals surface area contributed by atoms with E-state index in [-0.39, 0.29) is 22.7 Å². The molecule has 0 unspecified atom stereocenters. The average Bonchev–Trinajstić information content (AvgIpc) is 3.41. The maximum atomic E-state index is 12.7. The molecular formula is C26H16N4O4. The van der Waals surface area contributed by atoms with Crippen LogP contribution >= 0.6 is 0 Å². The summed E-state index contributed by atoms with van der Waals surface area (Å²) < 4.78 is 6.57. The Hall–Kier alpha value is -5.03. The summed E-state index contributed by atoms with van der Waals surface area (Å²) in [5.74, 6) is -1.35. The van der Waals surface area contributed by atoms with Gasteiger partial charge < -0.3 is 10.1 Å². The number of hydrogen-bond donors (Lipinski definition) is 1. The summed E-state index contributed by atoms with van der Waals surface area (Å²) in [5, 5.41) is 16.1. The molecule has 1 heterocycles. The van der Waals surface area contributed by atoms with Crippen molar-refractivity contribution < 1.29 is 19.1 Å². The first-order valence-corrected chi connectivity index (χ1v) is 10.4. The Kier molecular flexibility index (Phi) is 5.20. The number of ketones is 1. The molecule has 0 spiro atoms. The Bertz CT molecular complexity index is 1500. The molecule has 0 saturated heterocycles. The smallest absolute Gasteiger partial charge is 0.338 e. The third-order valence-corrected chi connectivity index (χ3v) is 5.44. The van der Waals surface area contributed by atoms with Crippen molar-refractivity contribution in [2.45, 2.75) is 0 Å². The number of rotatable bonds is 5. The number of fused-ring (bicyclic) bond motifs is 3. The number of esters is 1. The molecule has 1 aliphatic rings. The Morgan fingerprint density at radius 2 is 1.65 bits per heavy atom. The molecule has 1 amide bonds. The fraction of sp³-hybridized carbons (Fsp3) is 0.0385. The van der Waals surface area contributed by atoms with Crippen LogP contribution in [0.2, 0.25) is 0 Å². The number of para-hydroxylation sites is 1. The van der Waals surface area contributed by atoms with E-state index in [1.807, 2.05) is 24.3 Å². The quantitative estimate of drug-likeness (QED) is 0.410. The van der Waals surface area contributed by atoms with Crippen molar-refractivity contribution in [2.75, 3.05) is 11.9 Å². The molecule has 0 aliphatic heterocycles. The van der Waals surface area contributed by atoms with Gasteiger partial charge in [-0.25, -0.2) is 9.48 Å². The zero-order valence-electron chi connectivity index (χ0n) is 17.7. The van der Waals surface area contributed by atoms with Gasteiger partial charge in [-0.05, 0) is 35.4 Å². The second-order valence-electron chi connectivity index (χ2n) is 7.53. The van der Waals surface area contributed by atoms with Crippen LogP contribution in [0.4, 0.5) is 5.82 Å². The molecule has 0 saturated carbocycles. The molecule has 8 nitrogen and oxygen atoms in total. The Morgan fingerprint density at radius 1 is 0.941 bits per heavy atom. The van der Waals surface area contributed by atoms with Gasteiger partial charge in [-0.1, -0.05) is 48.5 Å². The highest BCUT2D eigenvalue weighted by Gasteiger charge is 2.27. The van der Waals surface area contributed by atoms with E-state index in [9.17, 15) is 19.6 Å². The minimum Gasteiger partial charge on any atom is -0.452 e. The van der Waals surface area contributed by atoms with E-state index in [0.717, 1.165) is 11.1 Å². The van der Waals surface area contributed by atoms with E-state index in [4.69, 9.17) is 4.74 Å². The summed E-state index contributed by atoms with van der Waals surface area (Å²) in [6.07, 6.45) is 1.34. The van der Waals surface area contributed by atoms with Crippen molar-refractivity contribution in [2.24, 2.45) is 0 Å². The molecule has 0 atom stereocenters. The van der Waals surface area contributed by atoms with E-state index in [1.54, 1.807) is 48.5 Å². The number of carbonyl (C=O) groups is 3. The molecule has 0 radical (unpaired) electrons. The highest BCUT2D eigenvalue weighted by atomic mass is 16.5. The Labute approximate surface area is 194 Å². The molecule has 8 heteroatoms. The van der Waals surface area contributed by atoms with Gasteiger partial charge in [0.2, 0.25) is 0 Å². The molecule has 0 fully saturated rings. The molecule has 5 rings (SSSR count). The van der Waals surface area contributed by atoms with Crippen molar-refractivity contribution in [3.63, 3.8) is 0 Å². The molecule has 1 aromatic heterocycles. The number of nitriles is 1. The maximum absolute atomic E-state index is 12.7. The summed E-state index contributed by atoms with van der Waals surface area (Å²) in [7, 11) is 0. The van der Waals surface area contributed by atoms with Gasteiger partial charge in [-0.3, -0.25) is 9.59 Å². The van der Waals surface area contributed by atoms with Gasteiger partial charge in [0, 0.05) is 11.1 Å². The monoisotopic (exact) mass is 448 g/mol. The van der Waals surface area contributed by atoms with Gasteiger partial charge in [-0.2, -0.15) is 10.4 Å². The molecular weight excluding hydrogens is 432 g/mol. The van der Waals surface area contributed by atoms with Crippen LogP contribution in [-0.2, 0) is 9.53 Å². The number of aromatic nitrogens is 2. The van der Waals surface area contributed by atoms with E-state index in [1.165, 1.54) is 16.9 Å². The van der Waals surface area contributed by atoms with Gasteiger partial charge in [0.05, 0.1) is 17.4 Å². The Morgan fingerprint density at radius 3 is 2.41 bits per heavy atom. The SMILES string of the molecule is N#Cc1cnn(-c2ccccc2)c1NC(=O)COC(=O)c1ccc2c(c1)C(=O)c1ccccc1-2. The van der Waals surface area contributed by atoms with Crippen LogP contribution in [-0.4, -0.2) is 34.0 Å². The average molecular weight is 448 g/mol. The normalized spacial score (nSPS) is 11.3. The third kappa shape index (κ3) is 3.61. The second-order valence-corrected chi connectivity index (χ2v) is 7.53. The van der Waals surface area contributed by atoms with Crippen LogP contribution in [0.3, 0.4) is 0 Å². The molecule has 34 heavy (non-hydrogen) atoms. The summed E-state index contributed by atoms with van der Waals surface area (Å²) in [4.78, 5) is 37.7. The molecule has 0 bridgehead atoms. The molecule has 3 aromatic carbocycles. The fourth-order valence-corrected chi connectivity index (χ4v) is 3.85. The van der Waals surface area contributed by atoms with Crippen LogP contribution in [0.15, 0.2) is 79.0 Å². The number of nitrogens with zero attached hydrogens (tertiary/aromatic N) is 3. The highest BCUT2D eigenvalue weighted by molar-refractivity contribution is 6.22. The topological polar surface area (TPSA) is 114 Å². The van der Waals surface area contributed by atoms with Gasteiger partial charge in [0.1, 0.15) is 11.6 Å². The van der Waals surface area contributed by atoms with Crippen molar-refractivity contribution in [3.05, 3.63) is 101 Å². The number of hydrogen-bond acceptors (Lipinski definition) is 6. The first-order valence-electron chi connectivity index (χ1n) is 10.4. The van der Waals surface area contributed by atoms with Crippen molar-refractivity contribution in [1.29, 1.82) is 5.26 Å². The van der Waals surface area contributed by atoms with Crippen LogP contribution in [0.1, 0.15) is 31.8 Å². The number of amides is 1. The predicted molar refractivity (Wildman–Crippen MR) is 123 cm³/mol. The lowest BCUT2D eigenvalue weighted by molar-refractivity contribution is -0.119. The van der Waals surface area contributed by atoms with E-state index in [2.05, 4.69) is 10.4 Å². The summed E-state index contributed by atoms with van der Waals surface area (Å²) in [6, 6.07) is 23.0. The van der Waals surface area contributed by atoms with Crippen LogP contribution in [0, 0.1) is 11.3 Å². The highest BCUT2D eigenvalue weighted by Crippen LogP contribution is 2.36. The number of benzene rings is 3. The fourth-order valence-electron chi connectivity index (χ4n) is 3.85. The second kappa shape index (κ2) is 8.48. The van der Waals surface area contributed by atoms with Crippen LogP contribution in [0.5, 0.6) is 0 Å². The first-order chi connectivity index (χ1) is 16.6. The number of ether oxygens (including phenoxy) is 1. The number of anilines is 1. The zero-order valence-corrected chi connectivity index (χ0v) is 17.7. The lowest BCUT2D eigenvalue weighted by atomic mass is 10.0. The largest absolute Gasteiger partial charge is 0.452 e. The van der Waals surface area contributed by atoms with Gasteiger partial charge >= 0.3 is 5.97 Å². The van der Waals surface area contributed by atoms with Gasteiger partial charge in [0.25, 0.3) is 5.91 Å². The van der Waals surface area contributed by atoms with E-state index >= 15 is 0 Å². The van der Waals surface area contributed by atoms with Crippen LogP contribution < -0.4 is 5.32 Å². The molecule has 1 aliphatic carbocycles. The summed E-state index contributed by atoms with van der Waals surface area (Å²) in [6.45, 7) is -0.574. The van der Waals surface area contributed by atoms with Crippen molar-refractivity contribution >= 4 is 23.5 Å². The van der Waals surface area contributed by atoms with Gasteiger partial charge in [-0.15, -0.1) is 0 Å². The first kappa shape index (κ1) is 20.8. The third-order valence-electron chi connectivity index (χ3n) is 5.44. The molecule has 164 valence electrons. The van der Waals surface area contributed by atoms with Gasteiger partial charge in [0.15, 0.2) is 18.2 Å². The number of carbonyl (C=O) groups excluding carboxylic acids is 3. The predicted octanol–water partition coefficient (Wildman–Crippen LogP) is 3.75. The number of nitrogens with one attached hydrogen (secondary N) is 1. The summed E-state index contributed by atoms with van der Waals surface area (Å²) >= 11 is 0. The summed E-state index contributed by atoms with van der Waals surface area (Å²) in [5.41, 5.74) is 3.58. The van der Waals surface area contributed by atoms with Crippen molar-refractivity contribution in [3.8, 4) is 22.9 Å². The minimum absolute atomic E-state index is 0.156. The standard InChI is InChI=1S/C26H16N4O4/c27-13-17-14-28-30(18-6-2-1-3-7-18)25(17)29-23(31)15-34-26(33)16-10-11-20-19-8-4-5-9-21(19)24(32)22(20)12-16/h1-12,14H,15H2,(H,29,31). The maximum Gasteiger partial charge on any atom is 0.338 e. The Balaban J connectivity index is 1.29. The molecule has 4 aromatic rings. The lowest BCUT2D eigenvalue weighted by Gasteiger charge is -2.10. The van der Waals surface area contributed by atoms with Crippen molar-refractivity contribution in [1.82, 2.24) is 9.78 Å².